The zero-order valence-electron chi connectivity index (χ0n) is 72.8. The number of imidazole rings is 4. The second-order valence-corrected chi connectivity index (χ2v) is 34.4. The molecular weight excluding hydrogens is 1400 g/mol. The Balaban J connectivity index is 0.000000121. The van der Waals surface area contributed by atoms with E-state index in [1.54, 1.807) is 0 Å². The SMILES string of the molecule is CCC(CC)N1B(c2c(C)cccc2C)[n+]2ccn(C)c2-c2c(C)cccc21.Cc1cccc(C)c1B1N(C2CCCCC2)c2cccc(C)c2-c2n(C)cc[n+]21.Cc1cccc(C)c1B1N(CC(C)C)c2cccc(C)c2-c2n(C)cc[n+]21.Cc1cccc(C)c1B1N(c2c(C)cccc2C)c2cccc(C)c2-c2n(C)cc[n+]21. The quantitative estimate of drug-likeness (QED) is 0.121. The third-order valence-electron chi connectivity index (χ3n) is 26.0. The van der Waals surface area contributed by atoms with E-state index in [-0.39, 0.29) is 27.9 Å². The number of fused-ring (bicyclic) bond motifs is 12. The number of aryl methyl sites for hydroxylation is 18. The van der Waals surface area contributed by atoms with Crippen molar-refractivity contribution in [2.45, 2.75) is 182 Å². The van der Waals surface area contributed by atoms with Crippen molar-refractivity contribution in [1.82, 2.24) is 18.3 Å². The first-order chi connectivity index (χ1) is 55.4. The summed E-state index contributed by atoms with van der Waals surface area (Å²) in [5.74, 6) is 5.73. The van der Waals surface area contributed by atoms with Crippen LogP contribution in [0.4, 0.5) is 28.4 Å². The Morgan fingerprint density at radius 3 is 1.03 bits per heavy atom. The second kappa shape index (κ2) is 32.5. The average Bonchev–Trinajstić information content (AvgIpc) is 1.71. The van der Waals surface area contributed by atoms with Gasteiger partial charge in [0, 0.05) is 68.9 Å². The van der Waals surface area contributed by atoms with Crippen LogP contribution in [-0.2, 0) is 28.2 Å². The highest BCUT2D eigenvalue weighted by Gasteiger charge is 2.53. The number of para-hydroxylation sites is 1. The minimum atomic E-state index is 0.0477. The molecule has 584 valence electrons. The van der Waals surface area contributed by atoms with Crippen LogP contribution in [0.3, 0.4) is 0 Å². The summed E-state index contributed by atoms with van der Waals surface area (Å²) in [6, 6.07) is 61.4. The number of aromatic nitrogens is 8. The van der Waals surface area contributed by atoms with Crippen molar-refractivity contribution < 1.29 is 17.9 Å². The van der Waals surface area contributed by atoms with Gasteiger partial charge < -0.3 is 19.2 Å². The Labute approximate surface area is 688 Å². The van der Waals surface area contributed by atoms with Gasteiger partial charge in [-0.1, -0.05) is 186 Å². The lowest BCUT2D eigenvalue weighted by Gasteiger charge is -2.42. The van der Waals surface area contributed by atoms with Crippen LogP contribution in [0.1, 0.15) is 151 Å². The maximum absolute atomic E-state index is 2.77. The highest BCUT2D eigenvalue weighted by molar-refractivity contribution is 6.73. The van der Waals surface area contributed by atoms with Gasteiger partial charge in [-0.2, -0.15) is 0 Å². The molecule has 0 unspecified atom stereocenters. The largest absolute Gasteiger partial charge is 0.542 e. The first-order valence-corrected chi connectivity index (χ1v) is 42.5. The summed E-state index contributed by atoms with van der Waals surface area (Å²) in [4.78, 5) is 10.6. The third-order valence-corrected chi connectivity index (χ3v) is 26.0. The van der Waals surface area contributed by atoms with Gasteiger partial charge in [0.05, 0.1) is 50.4 Å². The molecule has 4 aliphatic heterocycles. The van der Waals surface area contributed by atoms with E-state index in [0.29, 0.717) is 18.0 Å². The predicted molar refractivity (Wildman–Crippen MR) is 486 cm³/mol. The fourth-order valence-electron chi connectivity index (χ4n) is 20.6. The van der Waals surface area contributed by atoms with Crippen LogP contribution in [0.25, 0.3) is 45.6 Å². The molecule has 0 radical (unpaired) electrons. The molecule has 1 saturated carbocycles. The lowest BCUT2D eigenvalue weighted by atomic mass is 9.58. The van der Waals surface area contributed by atoms with Gasteiger partial charge in [0.2, 0.25) is 0 Å². The van der Waals surface area contributed by atoms with Gasteiger partial charge in [-0.15, -0.1) is 0 Å². The first-order valence-electron chi connectivity index (χ1n) is 42.5. The Kier molecular flexibility index (Phi) is 22.5. The van der Waals surface area contributed by atoms with Crippen LogP contribution in [0.15, 0.2) is 213 Å². The molecule has 0 spiro atoms. The molecule has 13 aromatic rings. The average molecular weight is 1520 g/mol. The fraction of sp³-hybridized carbons (Fsp3) is 0.333. The van der Waals surface area contributed by atoms with Gasteiger partial charge >= 0.3 is 27.9 Å². The van der Waals surface area contributed by atoms with E-state index < -0.39 is 0 Å². The van der Waals surface area contributed by atoms with Gasteiger partial charge in [0.25, 0.3) is 23.3 Å². The van der Waals surface area contributed by atoms with Gasteiger partial charge in [-0.05, 0) is 231 Å². The van der Waals surface area contributed by atoms with Crippen LogP contribution >= 0.6 is 0 Å². The number of benzene rings is 9. The van der Waals surface area contributed by atoms with E-state index in [2.05, 4.69) is 422 Å². The Bertz CT molecular complexity index is 5700. The summed E-state index contributed by atoms with van der Waals surface area (Å²) in [6.07, 6.45) is 26.7. The van der Waals surface area contributed by atoms with Crippen molar-refractivity contribution in [2.75, 3.05) is 25.8 Å². The fourth-order valence-corrected chi connectivity index (χ4v) is 20.6. The summed E-state index contributed by atoms with van der Waals surface area (Å²) < 4.78 is 19.0. The summed E-state index contributed by atoms with van der Waals surface area (Å²) >= 11 is 0. The number of hydrogen-bond donors (Lipinski definition) is 0. The van der Waals surface area contributed by atoms with Crippen molar-refractivity contribution >= 4 is 78.2 Å². The molecule has 9 aromatic carbocycles. The van der Waals surface area contributed by atoms with Crippen molar-refractivity contribution in [3.63, 3.8) is 0 Å². The number of rotatable bonds is 11. The molecule has 0 atom stereocenters. The van der Waals surface area contributed by atoms with Gasteiger partial charge in [-0.3, -0.25) is 17.9 Å². The molecular formula is C99H120B4N12+4. The molecule has 4 aromatic heterocycles. The van der Waals surface area contributed by atoms with Crippen LogP contribution in [0.5, 0.6) is 0 Å². The molecule has 0 N–H and O–H groups in total. The summed E-state index contributed by atoms with van der Waals surface area (Å²) in [5.41, 5.74) is 36.5. The Morgan fingerprint density at radius 1 is 0.330 bits per heavy atom. The van der Waals surface area contributed by atoms with Crippen molar-refractivity contribution in [3.05, 3.63) is 291 Å². The predicted octanol–water partition coefficient (Wildman–Crippen LogP) is 17.0. The highest BCUT2D eigenvalue weighted by atomic mass is 15.3. The van der Waals surface area contributed by atoms with Crippen molar-refractivity contribution in [1.29, 1.82) is 0 Å². The number of hydrogen-bond acceptors (Lipinski definition) is 4. The molecule has 8 heterocycles. The molecule has 0 saturated heterocycles. The molecule has 12 nitrogen and oxygen atoms in total. The van der Waals surface area contributed by atoms with Crippen molar-refractivity contribution in [3.8, 4) is 45.6 Å². The zero-order valence-corrected chi connectivity index (χ0v) is 72.8. The monoisotopic (exact) mass is 1520 g/mol. The molecule has 1 fully saturated rings. The van der Waals surface area contributed by atoms with Gasteiger partial charge in [-0.25, -0.2) is 18.3 Å². The minimum Gasteiger partial charge on any atom is -0.369 e. The topological polar surface area (TPSA) is 48.2 Å². The van der Waals surface area contributed by atoms with E-state index in [0.717, 1.165) is 19.4 Å². The highest BCUT2D eigenvalue weighted by Crippen LogP contribution is 2.45. The molecule has 115 heavy (non-hydrogen) atoms. The normalized spacial score (nSPS) is 13.9. The summed E-state index contributed by atoms with van der Waals surface area (Å²) in [5, 5.41) is 0. The van der Waals surface area contributed by atoms with Gasteiger partial charge in [0.15, 0.2) is 0 Å². The van der Waals surface area contributed by atoms with E-state index in [4.69, 9.17) is 0 Å². The third kappa shape index (κ3) is 14.0. The van der Waals surface area contributed by atoms with Gasteiger partial charge in [0.1, 0.15) is 49.6 Å². The molecule has 16 heteroatoms. The van der Waals surface area contributed by atoms with Crippen molar-refractivity contribution in [2.24, 2.45) is 34.1 Å². The van der Waals surface area contributed by atoms with Crippen LogP contribution in [0.2, 0.25) is 0 Å². The summed E-state index contributed by atoms with van der Waals surface area (Å²) in [7, 11) is 8.65. The molecule has 5 aliphatic rings. The lowest BCUT2D eigenvalue weighted by Crippen LogP contribution is -2.73. The molecule has 0 bridgehead atoms. The maximum atomic E-state index is 2.77. The van der Waals surface area contributed by atoms with Crippen LogP contribution in [0, 0.1) is 103 Å². The second-order valence-electron chi connectivity index (χ2n) is 34.4. The lowest BCUT2D eigenvalue weighted by molar-refractivity contribution is -0.524. The smallest absolute Gasteiger partial charge is 0.369 e. The Morgan fingerprint density at radius 2 is 0.626 bits per heavy atom. The zero-order chi connectivity index (χ0) is 81.3. The molecule has 1 aliphatic carbocycles. The number of anilines is 5. The minimum absolute atomic E-state index is 0.0477. The van der Waals surface area contributed by atoms with E-state index in [1.165, 1.54) is 206 Å². The Hall–Kier alpha value is -10.7. The summed E-state index contributed by atoms with van der Waals surface area (Å²) in [6.45, 7) is 42.3. The van der Waals surface area contributed by atoms with Crippen LogP contribution < -0.4 is 59.0 Å². The van der Waals surface area contributed by atoms with E-state index >= 15 is 0 Å². The van der Waals surface area contributed by atoms with E-state index in [1.807, 2.05) is 0 Å². The molecule has 18 rings (SSSR count). The standard InChI is InChI=1S/C27H29BN3.C25H31BN3.C24H31BN3.C23H29BN3/c1-18-10-9-15-23-24(18)27-29(6)16-17-30(27)28(25-19(2)11-7-12-20(25)3)31(23)26-21(4)13-8-14-22(26)5;1-18-10-9-15-22-23(18)25-27(4)16-17-28(25)26(24-19(2)11-8-12-20(24)3)29(22)21-13-6-5-7-14-21;1-7-20(8-2)28-21-14-10-11-17(3)22(21)24-26(6)15-16-27(24)25(28)23-18(4)12-9-13-19(23)5;1-16(2)15-27-20-12-8-9-17(3)21(20)23-25(6)13-14-26(23)24(27)22-18(4)10-7-11-19(22)5/h7-17H,1-6H3;8-12,15-17,21H,5-7,13-14H2,1-4H3;9-16,20H,7-8H2,1-6H3;7-14,16H,15H2,1-6H3/q4*+1. The maximum Gasteiger partial charge on any atom is 0.542 e. The van der Waals surface area contributed by atoms with E-state index in [9.17, 15) is 0 Å². The molecule has 0 amide bonds. The first kappa shape index (κ1) is 79.5. The number of nitrogens with zero attached hydrogens (tertiary/aromatic N) is 12. The van der Waals surface area contributed by atoms with Crippen LogP contribution in [-0.4, -0.2) is 64.8 Å².